The van der Waals surface area contributed by atoms with E-state index < -0.39 is 23.2 Å². The lowest BCUT2D eigenvalue weighted by atomic mass is 10.0. The zero-order chi connectivity index (χ0) is 21.0. The quantitative estimate of drug-likeness (QED) is 0.426. The molecule has 3 rings (SSSR count). The normalized spacial score (nSPS) is 13.9. The number of benzene rings is 2. The first kappa shape index (κ1) is 20.3. The zero-order valence-electron chi connectivity index (χ0n) is 16.3. The van der Waals surface area contributed by atoms with Crippen molar-refractivity contribution >= 4 is 34.9 Å². The van der Waals surface area contributed by atoms with Crippen LogP contribution >= 0.6 is 0 Å². The van der Waals surface area contributed by atoms with Crippen LogP contribution in [0, 0.1) is 5.41 Å². The lowest BCUT2D eigenvalue weighted by molar-refractivity contribution is -0.131. The second-order valence-electron chi connectivity index (χ2n) is 6.89. The molecule has 1 fully saturated rings. The van der Waals surface area contributed by atoms with Gasteiger partial charge in [-0.1, -0.05) is 24.3 Å². The number of Topliss-reactive ketones (excluding diaryl/α,β-unsaturated/α-hetero) is 1. The van der Waals surface area contributed by atoms with E-state index in [4.69, 9.17) is 4.74 Å². The van der Waals surface area contributed by atoms with Crippen LogP contribution in [0.15, 0.2) is 48.5 Å². The van der Waals surface area contributed by atoms with E-state index in [9.17, 15) is 19.2 Å². The summed E-state index contributed by atoms with van der Waals surface area (Å²) in [5.41, 5.74) is 0.254. The molecule has 0 heterocycles. The molecule has 150 valence electrons. The van der Waals surface area contributed by atoms with Crippen molar-refractivity contribution in [3.8, 4) is 0 Å². The second kappa shape index (κ2) is 8.26. The minimum absolute atomic E-state index is 0.115. The topological polar surface area (TPSA) is 102 Å². The first-order valence-electron chi connectivity index (χ1n) is 9.37. The molecule has 7 nitrogen and oxygen atoms in total. The van der Waals surface area contributed by atoms with E-state index in [0.717, 1.165) is 0 Å². The zero-order valence-corrected chi connectivity index (χ0v) is 16.3. The Morgan fingerprint density at radius 3 is 2.31 bits per heavy atom. The number of carbonyl (C=O) groups is 4. The Balaban J connectivity index is 1.75. The number of hydrogen-bond donors (Lipinski definition) is 2. The van der Waals surface area contributed by atoms with Crippen LogP contribution in [-0.2, 0) is 14.3 Å². The number of rotatable bonds is 7. The van der Waals surface area contributed by atoms with Crippen molar-refractivity contribution < 1.29 is 23.9 Å². The SMILES string of the molecule is CCOC(=O)c1ccccc1NC(=O)C1(C(=O)Nc2cccc(C(C)=O)c2)CC1. The number of carbonyl (C=O) groups excluding carboxylic acids is 4. The molecule has 1 aliphatic rings. The molecule has 29 heavy (non-hydrogen) atoms. The highest BCUT2D eigenvalue weighted by atomic mass is 16.5. The molecule has 0 radical (unpaired) electrons. The number of para-hydroxylation sites is 1. The molecule has 0 aromatic heterocycles. The predicted molar refractivity (Wildman–Crippen MR) is 108 cm³/mol. The van der Waals surface area contributed by atoms with Crippen molar-refractivity contribution in [3.05, 3.63) is 59.7 Å². The van der Waals surface area contributed by atoms with Gasteiger partial charge in [0.05, 0.1) is 17.9 Å². The molecule has 0 aliphatic heterocycles. The predicted octanol–water partition coefficient (Wildman–Crippen LogP) is 3.42. The van der Waals surface area contributed by atoms with E-state index in [1.165, 1.54) is 6.92 Å². The molecule has 0 bridgehead atoms. The molecule has 1 aliphatic carbocycles. The van der Waals surface area contributed by atoms with Crippen LogP contribution in [0.2, 0.25) is 0 Å². The molecule has 0 saturated heterocycles. The van der Waals surface area contributed by atoms with Gasteiger partial charge in [0.25, 0.3) is 0 Å². The van der Waals surface area contributed by atoms with Crippen molar-refractivity contribution in [2.75, 3.05) is 17.2 Å². The maximum atomic E-state index is 12.9. The lowest BCUT2D eigenvalue weighted by Gasteiger charge is -2.17. The fraction of sp³-hybridized carbons (Fsp3) is 0.273. The molecule has 1 saturated carbocycles. The van der Waals surface area contributed by atoms with Gasteiger partial charge in [0, 0.05) is 11.3 Å². The monoisotopic (exact) mass is 394 g/mol. The molecule has 7 heteroatoms. The first-order chi connectivity index (χ1) is 13.9. The Hall–Kier alpha value is -3.48. The van der Waals surface area contributed by atoms with Crippen LogP contribution in [0.25, 0.3) is 0 Å². The molecular weight excluding hydrogens is 372 g/mol. The second-order valence-corrected chi connectivity index (χ2v) is 6.89. The number of esters is 1. The fourth-order valence-electron chi connectivity index (χ4n) is 2.97. The van der Waals surface area contributed by atoms with E-state index in [1.807, 2.05) is 0 Å². The van der Waals surface area contributed by atoms with Gasteiger partial charge in [0.2, 0.25) is 11.8 Å². The van der Waals surface area contributed by atoms with Crippen molar-refractivity contribution in [2.45, 2.75) is 26.7 Å². The third kappa shape index (κ3) is 4.34. The summed E-state index contributed by atoms with van der Waals surface area (Å²) in [6.07, 6.45) is 0.803. The molecular formula is C22H22N2O5. The molecule has 2 aromatic rings. The van der Waals surface area contributed by atoms with Crippen molar-refractivity contribution in [3.63, 3.8) is 0 Å². The smallest absolute Gasteiger partial charge is 0.340 e. The van der Waals surface area contributed by atoms with Gasteiger partial charge in [-0.3, -0.25) is 14.4 Å². The molecule has 0 atom stereocenters. The summed E-state index contributed by atoms with van der Waals surface area (Å²) >= 11 is 0. The Bertz CT molecular complexity index is 979. The van der Waals surface area contributed by atoms with Gasteiger partial charge < -0.3 is 15.4 Å². The highest BCUT2D eigenvalue weighted by Crippen LogP contribution is 2.47. The molecule has 0 spiro atoms. The molecule has 0 unspecified atom stereocenters. The Labute approximate surface area is 168 Å². The van der Waals surface area contributed by atoms with Gasteiger partial charge in [-0.05, 0) is 51.0 Å². The highest BCUT2D eigenvalue weighted by Gasteiger charge is 2.56. The van der Waals surface area contributed by atoms with Crippen LogP contribution in [0.4, 0.5) is 11.4 Å². The Morgan fingerprint density at radius 2 is 1.66 bits per heavy atom. The molecule has 2 aromatic carbocycles. The number of anilines is 2. The van der Waals surface area contributed by atoms with E-state index in [1.54, 1.807) is 55.5 Å². The van der Waals surface area contributed by atoms with Gasteiger partial charge in [0.15, 0.2) is 5.78 Å². The molecule has 2 amide bonds. The summed E-state index contributed by atoms with van der Waals surface area (Å²) in [7, 11) is 0. The lowest BCUT2D eigenvalue weighted by Crippen LogP contribution is -2.36. The number of ether oxygens (including phenoxy) is 1. The van der Waals surface area contributed by atoms with Crippen LogP contribution in [0.3, 0.4) is 0 Å². The highest BCUT2D eigenvalue weighted by molar-refractivity contribution is 6.18. The largest absolute Gasteiger partial charge is 0.462 e. The van der Waals surface area contributed by atoms with E-state index in [0.29, 0.717) is 29.8 Å². The third-order valence-electron chi connectivity index (χ3n) is 4.82. The van der Waals surface area contributed by atoms with Crippen molar-refractivity contribution in [1.82, 2.24) is 0 Å². The van der Waals surface area contributed by atoms with Gasteiger partial charge >= 0.3 is 5.97 Å². The summed E-state index contributed by atoms with van der Waals surface area (Å²) < 4.78 is 5.01. The van der Waals surface area contributed by atoms with Crippen molar-refractivity contribution in [1.29, 1.82) is 0 Å². The Morgan fingerprint density at radius 1 is 0.966 bits per heavy atom. The van der Waals surface area contributed by atoms with Gasteiger partial charge in [-0.25, -0.2) is 4.79 Å². The summed E-state index contributed by atoms with van der Waals surface area (Å²) in [6.45, 7) is 3.36. The Kier molecular flexibility index (Phi) is 5.77. The van der Waals surface area contributed by atoms with E-state index in [2.05, 4.69) is 10.6 Å². The third-order valence-corrected chi connectivity index (χ3v) is 4.82. The average Bonchev–Trinajstić information content (AvgIpc) is 3.51. The van der Waals surface area contributed by atoms with E-state index in [-0.39, 0.29) is 18.0 Å². The minimum atomic E-state index is -1.20. The minimum Gasteiger partial charge on any atom is -0.462 e. The van der Waals surface area contributed by atoms with Gasteiger partial charge in [0.1, 0.15) is 5.41 Å². The summed E-state index contributed by atoms with van der Waals surface area (Å²) in [4.78, 5) is 49.3. The maximum absolute atomic E-state index is 12.9. The van der Waals surface area contributed by atoms with Crippen LogP contribution in [0.5, 0.6) is 0 Å². The van der Waals surface area contributed by atoms with Gasteiger partial charge in [-0.2, -0.15) is 0 Å². The summed E-state index contributed by atoms with van der Waals surface area (Å²) in [5.74, 6) is -1.58. The van der Waals surface area contributed by atoms with Crippen LogP contribution < -0.4 is 10.6 Å². The summed E-state index contributed by atoms with van der Waals surface area (Å²) in [6, 6.07) is 13.1. The first-order valence-corrected chi connectivity index (χ1v) is 9.37. The molecule has 2 N–H and O–H groups in total. The number of ketones is 1. The van der Waals surface area contributed by atoms with Crippen LogP contribution in [0.1, 0.15) is 47.4 Å². The summed E-state index contributed by atoms with van der Waals surface area (Å²) in [5, 5.41) is 5.41. The standard InChI is InChI=1S/C22H22N2O5/c1-3-29-19(26)17-9-4-5-10-18(17)24-21(28)22(11-12-22)20(27)23-16-8-6-7-15(13-16)14(2)25/h4-10,13H,3,11-12H2,1-2H3,(H,23,27)(H,24,28). The maximum Gasteiger partial charge on any atom is 0.340 e. The fourth-order valence-corrected chi connectivity index (χ4v) is 2.97. The number of amides is 2. The number of hydrogen-bond acceptors (Lipinski definition) is 5. The van der Waals surface area contributed by atoms with Crippen LogP contribution in [-0.4, -0.2) is 30.2 Å². The average molecular weight is 394 g/mol. The van der Waals surface area contributed by atoms with E-state index >= 15 is 0 Å². The van der Waals surface area contributed by atoms with Crippen molar-refractivity contribution in [2.24, 2.45) is 5.41 Å². The van der Waals surface area contributed by atoms with Gasteiger partial charge in [-0.15, -0.1) is 0 Å². The number of nitrogens with one attached hydrogen (secondary N) is 2.